The molecule has 0 saturated heterocycles. The second-order valence-corrected chi connectivity index (χ2v) is 10.9. The average Bonchev–Trinajstić information content (AvgIpc) is 2.96. The first-order chi connectivity index (χ1) is 16.6. The molecule has 2 aliphatic rings. The molecular formula is C25H40O11. The van der Waals surface area contributed by atoms with E-state index in [0.29, 0.717) is 0 Å². The van der Waals surface area contributed by atoms with E-state index in [1.807, 2.05) is 13.8 Å². The number of carbonyl (C=O) groups excluding carboxylic acids is 3. The molecule has 1 heterocycles. The number of rotatable bonds is 11. The number of esters is 3. The minimum atomic E-state index is -2.26. The lowest BCUT2D eigenvalue weighted by molar-refractivity contribution is -0.237. The van der Waals surface area contributed by atoms with Gasteiger partial charge in [-0.1, -0.05) is 41.5 Å². The number of carbonyl (C=O) groups is 3. The lowest BCUT2D eigenvalue weighted by atomic mass is 9.77. The summed E-state index contributed by atoms with van der Waals surface area (Å²) in [7, 11) is 0. The highest BCUT2D eigenvalue weighted by atomic mass is 16.7. The van der Waals surface area contributed by atoms with Crippen molar-refractivity contribution in [1.29, 1.82) is 0 Å². The van der Waals surface area contributed by atoms with Crippen LogP contribution >= 0.6 is 0 Å². The maximum atomic E-state index is 12.7. The van der Waals surface area contributed by atoms with Gasteiger partial charge in [0.2, 0.25) is 6.10 Å². The minimum Gasteiger partial charge on any atom is -0.462 e. The molecule has 0 aromatic heterocycles. The SMILES string of the molecule is CC(C)CC(=O)O[C@@H]1OC=C(COC(=O)[C@@H](OC(=O)CC(C)C)C(C)C)[C@@]2(O)C[C@H](O)[C@@](O)(CO)[C@@H]12. The number of fused-ring (bicyclic) bond motifs is 1. The summed E-state index contributed by atoms with van der Waals surface area (Å²) in [6.07, 6.45) is -3.48. The van der Waals surface area contributed by atoms with Crippen LogP contribution < -0.4 is 0 Å². The van der Waals surface area contributed by atoms with Crippen LogP contribution in [0.25, 0.3) is 0 Å². The van der Waals surface area contributed by atoms with Gasteiger partial charge in [-0.25, -0.2) is 4.79 Å². The Morgan fingerprint density at radius 3 is 2.17 bits per heavy atom. The van der Waals surface area contributed by atoms with Gasteiger partial charge in [-0.15, -0.1) is 0 Å². The minimum absolute atomic E-state index is 0.0172. The molecule has 0 spiro atoms. The fourth-order valence-electron chi connectivity index (χ4n) is 4.52. The van der Waals surface area contributed by atoms with Crippen molar-refractivity contribution in [3.05, 3.63) is 11.8 Å². The Hall–Kier alpha value is -2.21. The molecule has 11 heteroatoms. The van der Waals surface area contributed by atoms with Crippen LogP contribution in [0.1, 0.15) is 60.8 Å². The molecular weight excluding hydrogens is 476 g/mol. The Kier molecular flexibility index (Phi) is 9.91. The van der Waals surface area contributed by atoms with Crippen LogP contribution in [0, 0.1) is 23.7 Å². The van der Waals surface area contributed by atoms with Gasteiger partial charge >= 0.3 is 17.9 Å². The van der Waals surface area contributed by atoms with Gasteiger partial charge < -0.3 is 39.4 Å². The Balaban J connectivity index is 2.23. The van der Waals surface area contributed by atoms with Gasteiger partial charge in [0.1, 0.15) is 17.8 Å². The quantitative estimate of drug-likeness (QED) is 0.226. The molecule has 2 rings (SSSR count). The van der Waals surface area contributed by atoms with Gasteiger partial charge in [-0.3, -0.25) is 9.59 Å². The Morgan fingerprint density at radius 2 is 1.64 bits per heavy atom. The van der Waals surface area contributed by atoms with E-state index < -0.39 is 79.1 Å². The topological polar surface area (TPSA) is 169 Å². The summed E-state index contributed by atoms with van der Waals surface area (Å²) in [6, 6.07) is 0. The van der Waals surface area contributed by atoms with E-state index >= 15 is 0 Å². The normalized spacial score (nSPS) is 30.5. The molecule has 0 bridgehead atoms. The maximum Gasteiger partial charge on any atom is 0.348 e. The summed E-state index contributed by atoms with van der Waals surface area (Å²) < 4.78 is 21.5. The number of aliphatic hydroxyl groups is 4. The molecule has 36 heavy (non-hydrogen) atoms. The highest BCUT2D eigenvalue weighted by Crippen LogP contribution is 2.52. The standard InChI is InChI=1S/C25H40O11/c1-13(2)7-18(28)35-20(15(5)6)22(30)33-10-16-11-34-23(36-19(29)8-14(3)4)21-24(16,31)9-17(27)25(21,32)12-26/h11,13-15,17,20-21,23,26-27,31-32H,7-10,12H2,1-6H3/t17-,20-,21-,23-,24-,25-/m0/s1. The summed E-state index contributed by atoms with van der Waals surface area (Å²) in [6.45, 7) is 9.20. The van der Waals surface area contributed by atoms with Crippen LogP contribution in [0.3, 0.4) is 0 Å². The van der Waals surface area contributed by atoms with Crippen molar-refractivity contribution in [2.24, 2.45) is 23.7 Å². The lowest BCUT2D eigenvalue weighted by Crippen LogP contribution is -2.59. The third-order valence-corrected chi connectivity index (χ3v) is 6.42. The van der Waals surface area contributed by atoms with E-state index in [1.165, 1.54) is 0 Å². The molecule has 0 radical (unpaired) electrons. The maximum absolute atomic E-state index is 12.7. The molecule has 1 saturated carbocycles. The summed E-state index contributed by atoms with van der Waals surface area (Å²) >= 11 is 0. The van der Waals surface area contributed by atoms with Crippen molar-refractivity contribution in [2.45, 2.75) is 90.5 Å². The van der Waals surface area contributed by atoms with Crippen LogP contribution in [0.4, 0.5) is 0 Å². The van der Waals surface area contributed by atoms with Crippen molar-refractivity contribution >= 4 is 17.9 Å². The molecule has 6 atom stereocenters. The fraction of sp³-hybridized carbons (Fsp3) is 0.800. The number of hydrogen-bond acceptors (Lipinski definition) is 11. The average molecular weight is 517 g/mol. The van der Waals surface area contributed by atoms with E-state index in [1.54, 1.807) is 27.7 Å². The van der Waals surface area contributed by atoms with E-state index in [9.17, 15) is 34.8 Å². The summed E-state index contributed by atoms with van der Waals surface area (Å²) in [4.78, 5) is 37.1. The van der Waals surface area contributed by atoms with Crippen molar-refractivity contribution in [2.75, 3.05) is 13.2 Å². The predicted octanol–water partition coefficient (Wildman–Crippen LogP) is 0.808. The second-order valence-electron chi connectivity index (χ2n) is 10.9. The molecule has 1 aliphatic carbocycles. The van der Waals surface area contributed by atoms with Crippen molar-refractivity contribution < 1.29 is 53.8 Å². The van der Waals surface area contributed by atoms with Crippen LogP contribution in [0.2, 0.25) is 0 Å². The Morgan fingerprint density at radius 1 is 1.06 bits per heavy atom. The van der Waals surface area contributed by atoms with E-state index in [-0.39, 0.29) is 30.3 Å². The molecule has 0 aromatic carbocycles. The fourth-order valence-corrected chi connectivity index (χ4v) is 4.52. The summed E-state index contributed by atoms with van der Waals surface area (Å²) in [5, 5.41) is 42.9. The van der Waals surface area contributed by atoms with Gasteiger partial charge in [0.15, 0.2) is 0 Å². The monoisotopic (exact) mass is 516 g/mol. The first-order valence-electron chi connectivity index (χ1n) is 12.3. The van der Waals surface area contributed by atoms with Crippen LogP contribution in [-0.2, 0) is 33.3 Å². The first-order valence-corrected chi connectivity index (χ1v) is 12.3. The largest absolute Gasteiger partial charge is 0.462 e. The molecule has 11 nitrogen and oxygen atoms in total. The smallest absolute Gasteiger partial charge is 0.348 e. The third-order valence-electron chi connectivity index (χ3n) is 6.42. The number of hydrogen-bond donors (Lipinski definition) is 4. The molecule has 0 aromatic rings. The lowest BCUT2D eigenvalue weighted by Gasteiger charge is -2.43. The molecule has 1 aliphatic heterocycles. The van der Waals surface area contributed by atoms with Gasteiger partial charge in [0, 0.05) is 30.8 Å². The zero-order chi connectivity index (χ0) is 27.4. The molecule has 0 unspecified atom stereocenters. The molecule has 4 N–H and O–H groups in total. The molecule has 206 valence electrons. The van der Waals surface area contributed by atoms with Crippen LogP contribution in [-0.4, -0.2) is 81.2 Å². The summed E-state index contributed by atoms with van der Waals surface area (Å²) in [5.41, 5.74) is -4.30. The van der Waals surface area contributed by atoms with Gasteiger partial charge in [-0.2, -0.15) is 0 Å². The highest BCUT2D eigenvalue weighted by molar-refractivity contribution is 5.79. The molecule has 1 fully saturated rings. The van der Waals surface area contributed by atoms with Crippen LogP contribution in [0.5, 0.6) is 0 Å². The highest BCUT2D eigenvalue weighted by Gasteiger charge is 2.68. The second kappa shape index (κ2) is 11.9. The van der Waals surface area contributed by atoms with Gasteiger partial charge in [0.05, 0.1) is 24.9 Å². The van der Waals surface area contributed by atoms with E-state index in [0.717, 1.165) is 6.26 Å². The van der Waals surface area contributed by atoms with Gasteiger partial charge in [0.25, 0.3) is 6.29 Å². The van der Waals surface area contributed by atoms with Crippen molar-refractivity contribution in [3.8, 4) is 0 Å². The Bertz CT molecular complexity index is 836. The summed E-state index contributed by atoms with van der Waals surface area (Å²) in [5.74, 6) is -3.88. The molecule has 0 amide bonds. The number of ether oxygens (including phenoxy) is 4. The van der Waals surface area contributed by atoms with Crippen molar-refractivity contribution in [1.82, 2.24) is 0 Å². The zero-order valence-corrected chi connectivity index (χ0v) is 21.8. The van der Waals surface area contributed by atoms with E-state index in [2.05, 4.69) is 0 Å². The first kappa shape index (κ1) is 30.0. The number of aliphatic hydroxyl groups excluding tert-OH is 2. The van der Waals surface area contributed by atoms with E-state index in [4.69, 9.17) is 18.9 Å². The third kappa shape index (κ3) is 6.56. The predicted molar refractivity (Wildman–Crippen MR) is 125 cm³/mol. The Labute approximate surface area is 211 Å². The van der Waals surface area contributed by atoms with Crippen molar-refractivity contribution in [3.63, 3.8) is 0 Å². The zero-order valence-electron chi connectivity index (χ0n) is 21.8. The van der Waals surface area contributed by atoms with Gasteiger partial charge in [-0.05, 0) is 11.8 Å². The van der Waals surface area contributed by atoms with Crippen LogP contribution in [0.15, 0.2) is 11.8 Å².